The van der Waals surface area contributed by atoms with Crippen molar-refractivity contribution in [3.63, 3.8) is 0 Å². The number of fused-ring (bicyclic) bond motifs is 1. The Balaban J connectivity index is 1.18. The Morgan fingerprint density at radius 2 is 2.04 bits per heavy atom. The van der Waals surface area contributed by atoms with Gasteiger partial charge < -0.3 is 23.7 Å². The van der Waals surface area contributed by atoms with Gasteiger partial charge in [-0.25, -0.2) is 0 Å². The third-order valence-corrected chi connectivity index (χ3v) is 5.79. The molecule has 6 nitrogen and oxygen atoms in total. The van der Waals surface area contributed by atoms with E-state index in [1.54, 1.807) is 0 Å². The Morgan fingerprint density at radius 3 is 2.75 bits per heavy atom. The topological polar surface area (TPSA) is 69.8 Å². The first-order chi connectivity index (χ1) is 11.6. The maximum absolute atomic E-state index is 12.2. The lowest BCUT2D eigenvalue weighted by Crippen LogP contribution is -2.29. The Kier molecular flexibility index (Phi) is 4.82. The van der Waals surface area contributed by atoms with Crippen LogP contribution in [0.3, 0.4) is 0 Å². The monoisotopic (exact) mass is 340 g/mol. The van der Waals surface area contributed by atoms with Crippen LogP contribution in [0, 0.1) is 11.8 Å². The maximum Gasteiger partial charge on any atom is 0.309 e. The fourth-order valence-electron chi connectivity index (χ4n) is 3.97. The molecular weight excluding hydrogens is 312 g/mol. The second-order valence-electron chi connectivity index (χ2n) is 7.60. The summed E-state index contributed by atoms with van der Waals surface area (Å²) in [5.74, 6) is 0.186. The van der Waals surface area contributed by atoms with Crippen LogP contribution in [0.4, 0.5) is 0 Å². The summed E-state index contributed by atoms with van der Waals surface area (Å²) in [5, 5.41) is 0. The van der Waals surface area contributed by atoms with Gasteiger partial charge in [-0.3, -0.25) is 4.79 Å². The molecule has 3 aliphatic heterocycles. The highest BCUT2D eigenvalue weighted by molar-refractivity contribution is 5.72. The van der Waals surface area contributed by atoms with E-state index in [-0.39, 0.29) is 43.1 Å². The third-order valence-electron chi connectivity index (χ3n) is 5.79. The van der Waals surface area contributed by atoms with Crippen molar-refractivity contribution in [1.29, 1.82) is 0 Å². The van der Waals surface area contributed by atoms with Gasteiger partial charge in [0.05, 0.1) is 36.9 Å². The summed E-state index contributed by atoms with van der Waals surface area (Å²) in [7, 11) is 0. The van der Waals surface area contributed by atoms with Gasteiger partial charge in [0.15, 0.2) is 6.29 Å². The van der Waals surface area contributed by atoms with E-state index < -0.39 is 0 Å². The van der Waals surface area contributed by atoms with Crippen molar-refractivity contribution in [3.05, 3.63) is 0 Å². The van der Waals surface area contributed by atoms with E-state index in [2.05, 4.69) is 0 Å². The second kappa shape index (κ2) is 6.90. The van der Waals surface area contributed by atoms with Crippen molar-refractivity contribution in [2.75, 3.05) is 13.2 Å². The molecule has 0 aromatic rings. The SMILES string of the molecule is CCC(CC1OC1C)C(=O)OCC1COC(C2CCC3OC3C2)O1. The van der Waals surface area contributed by atoms with Crippen LogP contribution in [0.5, 0.6) is 0 Å². The maximum atomic E-state index is 12.2. The molecule has 4 aliphatic rings. The number of esters is 1. The summed E-state index contributed by atoms with van der Waals surface area (Å²) in [5.41, 5.74) is 0. The number of hydrogen-bond donors (Lipinski definition) is 0. The van der Waals surface area contributed by atoms with Gasteiger partial charge in [-0.2, -0.15) is 0 Å². The number of carbonyl (C=O) groups is 1. The van der Waals surface area contributed by atoms with Gasteiger partial charge in [-0.1, -0.05) is 6.92 Å². The molecule has 24 heavy (non-hydrogen) atoms. The lowest BCUT2D eigenvalue weighted by molar-refractivity contribution is -0.155. The molecule has 0 aromatic heterocycles. The minimum absolute atomic E-state index is 0.0830. The van der Waals surface area contributed by atoms with Gasteiger partial charge in [0.1, 0.15) is 12.7 Å². The summed E-state index contributed by atoms with van der Waals surface area (Å²) in [6.07, 6.45) is 5.86. The Hall–Kier alpha value is -0.690. The van der Waals surface area contributed by atoms with Gasteiger partial charge in [0.25, 0.3) is 0 Å². The summed E-state index contributed by atoms with van der Waals surface area (Å²) < 4.78 is 28.2. The van der Waals surface area contributed by atoms with E-state index in [1.165, 1.54) is 0 Å². The van der Waals surface area contributed by atoms with Crippen LogP contribution in [0.25, 0.3) is 0 Å². The van der Waals surface area contributed by atoms with E-state index in [0.29, 0.717) is 24.7 Å². The van der Waals surface area contributed by atoms with E-state index in [4.69, 9.17) is 23.7 Å². The van der Waals surface area contributed by atoms with Crippen LogP contribution >= 0.6 is 0 Å². The summed E-state index contributed by atoms with van der Waals surface area (Å²) in [6, 6.07) is 0. The zero-order valence-corrected chi connectivity index (χ0v) is 14.5. The minimum atomic E-state index is -0.165. The Bertz CT molecular complexity index is 468. The van der Waals surface area contributed by atoms with Gasteiger partial charge >= 0.3 is 5.97 Å². The van der Waals surface area contributed by atoms with Crippen LogP contribution in [0.15, 0.2) is 0 Å². The molecule has 3 heterocycles. The molecule has 6 heteroatoms. The first-order valence-electron chi connectivity index (χ1n) is 9.38. The van der Waals surface area contributed by atoms with Gasteiger partial charge in [-0.15, -0.1) is 0 Å². The average molecular weight is 340 g/mol. The van der Waals surface area contributed by atoms with Crippen LogP contribution in [0.1, 0.15) is 46.0 Å². The van der Waals surface area contributed by atoms with Crippen molar-refractivity contribution in [1.82, 2.24) is 0 Å². The summed E-state index contributed by atoms with van der Waals surface area (Å²) >= 11 is 0. The van der Waals surface area contributed by atoms with Crippen LogP contribution in [-0.2, 0) is 28.5 Å². The molecule has 0 amide bonds. The first kappa shape index (κ1) is 16.8. The highest BCUT2D eigenvalue weighted by Gasteiger charge is 2.47. The predicted octanol–water partition coefficient (Wildman–Crippen LogP) is 2.04. The second-order valence-corrected chi connectivity index (χ2v) is 7.60. The molecule has 4 rings (SSSR count). The molecule has 8 unspecified atom stereocenters. The normalized spacial score (nSPS) is 44.7. The summed E-state index contributed by atoms with van der Waals surface area (Å²) in [4.78, 5) is 12.2. The van der Waals surface area contributed by atoms with Crippen molar-refractivity contribution in [3.8, 4) is 0 Å². The molecule has 0 N–H and O–H groups in total. The third kappa shape index (κ3) is 3.77. The van der Waals surface area contributed by atoms with Gasteiger partial charge in [-0.05, 0) is 39.0 Å². The zero-order valence-electron chi connectivity index (χ0n) is 14.5. The highest BCUT2D eigenvalue weighted by Crippen LogP contribution is 2.42. The van der Waals surface area contributed by atoms with Crippen molar-refractivity contribution < 1.29 is 28.5 Å². The molecule has 136 valence electrons. The quantitative estimate of drug-likeness (QED) is 0.522. The molecule has 0 spiro atoms. The van der Waals surface area contributed by atoms with E-state index in [9.17, 15) is 4.79 Å². The van der Waals surface area contributed by atoms with Crippen molar-refractivity contribution >= 4 is 5.97 Å². The molecule has 4 fully saturated rings. The molecule has 3 saturated heterocycles. The van der Waals surface area contributed by atoms with E-state index in [1.807, 2.05) is 13.8 Å². The summed E-state index contributed by atoms with van der Waals surface area (Å²) in [6.45, 7) is 4.83. The number of ether oxygens (including phenoxy) is 5. The standard InChI is InChI=1S/C18H28O6/c1-3-11(6-15-10(2)22-15)17(19)20-8-13-9-21-18(23-13)12-4-5-14-16(7-12)24-14/h10-16,18H,3-9H2,1-2H3. The highest BCUT2D eigenvalue weighted by atomic mass is 16.7. The van der Waals surface area contributed by atoms with Crippen LogP contribution in [-0.4, -0.2) is 56.0 Å². The number of hydrogen-bond acceptors (Lipinski definition) is 6. The van der Waals surface area contributed by atoms with Crippen molar-refractivity contribution in [2.24, 2.45) is 11.8 Å². The molecular formula is C18H28O6. The Labute approximate surface area is 143 Å². The lowest BCUT2D eigenvalue weighted by Gasteiger charge is -2.24. The fraction of sp³-hybridized carbons (Fsp3) is 0.944. The van der Waals surface area contributed by atoms with E-state index in [0.717, 1.165) is 32.1 Å². The Morgan fingerprint density at radius 1 is 1.21 bits per heavy atom. The molecule has 0 aromatic carbocycles. The largest absolute Gasteiger partial charge is 0.463 e. The van der Waals surface area contributed by atoms with Gasteiger partial charge in [0, 0.05) is 5.92 Å². The molecule has 0 radical (unpaired) electrons. The molecule has 1 saturated carbocycles. The number of carbonyl (C=O) groups excluding carboxylic acids is 1. The first-order valence-corrected chi connectivity index (χ1v) is 9.38. The van der Waals surface area contributed by atoms with Gasteiger partial charge in [0.2, 0.25) is 0 Å². The number of epoxide rings is 2. The number of rotatable bonds is 7. The molecule has 1 aliphatic carbocycles. The van der Waals surface area contributed by atoms with Crippen LogP contribution in [0.2, 0.25) is 0 Å². The van der Waals surface area contributed by atoms with E-state index >= 15 is 0 Å². The molecule has 0 bridgehead atoms. The lowest BCUT2D eigenvalue weighted by atomic mass is 9.89. The van der Waals surface area contributed by atoms with Crippen molar-refractivity contribution in [2.45, 2.75) is 82.8 Å². The fourth-order valence-corrected chi connectivity index (χ4v) is 3.97. The van der Waals surface area contributed by atoms with Crippen LogP contribution < -0.4 is 0 Å². The smallest absolute Gasteiger partial charge is 0.309 e. The molecule has 8 atom stereocenters. The minimum Gasteiger partial charge on any atom is -0.463 e. The predicted molar refractivity (Wildman–Crippen MR) is 84.3 cm³/mol. The zero-order chi connectivity index (χ0) is 16.7. The average Bonchev–Trinajstić information content (AvgIpc) is 3.46.